The SMILES string of the molecule is c1ccc(-c2nc3ccccc3n2-c2cccc(-c3cccc(-c4c5ccccc5c(-c5ccc6ccccc6c5)c5ccccc45)c3)c2)cc1. The lowest BCUT2D eigenvalue weighted by Gasteiger charge is -2.18. The first-order valence-electron chi connectivity index (χ1n) is 17.5. The van der Waals surface area contributed by atoms with Gasteiger partial charge in [-0.15, -0.1) is 0 Å². The molecule has 0 saturated heterocycles. The molecule has 0 unspecified atom stereocenters. The van der Waals surface area contributed by atoms with E-state index in [0.29, 0.717) is 0 Å². The van der Waals surface area contributed by atoms with Crippen LogP contribution in [0, 0.1) is 0 Å². The van der Waals surface area contributed by atoms with E-state index in [4.69, 9.17) is 4.98 Å². The van der Waals surface area contributed by atoms with Crippen molar-refractivity contribution < 1.29 is 0 Å². The second-order valence-electron chi connectivity index (χ2n) is 13.2. The predicted molar refractivity (Wildman–Crippen MR) is 215 cm³/mol. The van der Waals surface area contributed by atoms with Crippen LogP contribution in [0.25, 0.3) is 93.8 Å². The fraction of sp³-hybridized carbons (Fsp3) is 0. The average molecular weight is 649 g/mol. The van der Waals surface area contributed by atoms with Gasteiger partial charge >= 0.3 is 0 Å². The predicted octanol–water partition coefficient (Wildman–Crippen LogP) is 13.2. The molecule has 2 nitrogen and oxygen atoms in total. The van der Waals surface area contributed by atoms with E-state index in [1.807, 2.05) is 6.07 Å². The summed E-state index contributed by atoms with van der Waals surface area (Å²) in [6.07, 6.45) is 0. The van der Waals surface area contributed by atoms with E-state index < -0.39 is 0 Å². The Labute approximate surface area is 296 Å². The lowest BCUT2D eigenvalue weighted by atomic mass is 9.85. The molecule has 0 aliphatic rings. The standard InChI is InChI=1S/C49H32N2/c1-2-15-34(16-3-1)49-50-45-26-10-11-27-46(45)51(49)40-21-13-19-37(32-40)36-18-12-20-38(31-36)47-41-22-6-8-24-43(41)48(44-25-9-7-23-42(44)47)39-29-28-33-14-4-5-17-35(33)30-39/h1-32H. The molecule has 0 aliphatic heterocycles. The van der Waals surface area contributed by atoms with Crippen molar-refractivity contribution in [3.63, 3.8) is 0 Å². The number of hydrogen-bond donors (Lipinski definition) is 0. The van der Waals surface area contributed by atoms with Gasteiger partial charge < -0.3 is 0 Å². The van der Waals surface area contributed by atoms with Crippen molar-refractivity contribution in [1.82, 2.24) is 9.55 Å². The van der Waals surface area contributed by atoms with Crippen LogP contribution in [0.5, 0.6) is 0 Å². The van der Waals surface area contributed by atoms with Crippen LogP contribution in [0.2, 0.25) is 0 Å². The lowest BCUT2D eigenvalue weighted by molar-refractivity contribution is 1.10. The number of rotatable bonds is 5. The molecule has 0 amide bonds. The molecule has 10 aromatic rings. The van der Waals surface area contributed by atoms with E-state index in [-0.39, 0.29) is 0 Å². The van der Waals surface area contributed by atoms with Crippen LogP contribution in [-0.2, 0) is 0 Å². The number of para-hydroxylation sites is 2. The molecule has 2 heteroatoms. The second-order valence-corrected chi connectivity index (χ2v) is 13.2. The molecule has 0 spiro atoms. The zero-order valence-corrected chi connectivity index (χ0v) is 27.9. The molecule has 238 valence electrons. The first-order chi connectivity index (χ1) is 25.3. The molecule has 0 radical (unpaired) electrons. The van der Waals surface area contributed by atoms with Gasteiger partial charge in [0.05, 0.1) is 11.0 Å². The summed E-state index contributed by atoms with van der Waals surface area (Å²) in [5, 5.41) is 7.53. The molecule has 0 atom stereocenters. The highest BCUT2D eigenvalue weighted by Crippen LogP contribution is 2.44. The highest BCUT2D eigenvalue weighted by atomic mass is 15.1. The molecule has 1 aromatic heterocycles. The minimum absolute atomic E-state index is 0.937. The fourth-order valence-corrected chi connectivity index (χ4v) is 7.84. The quantitative estimate of drug-likeness (QED) is 0.170. The third kappa shape index (κ3) is 4.92. The zero-order valence-electron chi connectivity index (χ0n) is 27.9. The monoisotopic (exact) mass is 648 g/mol. The van der Waals surface area contributed by atoms with E-state index in [0.717, 1.165) is 33.7 Å². The van der Waals surface area contributed by atoms with E-state index in [9.17, 15) is 0 Å². The smallest absolute Gasteiger partial charge is 0.145 e. The van der Waals surface area contributed by atoms with E-state index in [1.165, 1.54) is 60.1 Å². The topological polar surface area (TPSA) is 17.8 Å². The van der Waals surface area contributed by atoms with Crippen molar-refractivity contribution in [3.8, 4) is 50.5 Å². The highest BCUT2D eigenvalue weighted by molar-refractivity contribution is 6.21. The van der Waals surface area contributed by atoms with E-state index in [1.54, 1.807) is 0 Å². The number of imidazole rings is 1. The Morgan fingerprint density at radius 1 is 0.333 bits per heavy atom. The first-order valence-corrected chi connectivity index (χ1v) is 17.5. The zero-order chi connectivity index (χ0) is 33.7. The molecule has 9 aromatic carbocycles. The normalized spacial score (nSPS) is 11.5. The van der Waals surface area contributed by atoms with Gasteiger partial charge in [0.2, 0.25) is 0 Å². The Balaban J connectivity index is 1.15. The van der Waals surface area contributed by atoms with Crippen LogP contribution < -0.4 is 0 Å². The average Bonchev–Trinajstić information content (AvgIpc) is 3.60. The lowest BCUT2D eigenvalue weighted by Crippen LogP contribution is -1.98. The third-order valence-electron chi connectivity index (χ3n) is 10.2. The van der Waals surface area contributed by atoms with Gasteiger partial charge in [-0.1, -0.05) is 158 Å². The third-order valence-corrected chi connectivity index (χ3v) is 10.2. The minimum Gasteiger partial charge on any atom is -0.292 e. The number of nitrogens with zero attached hydrogens (tertiary/aromatic N) is 2. The largest absolute Gasteiger partial charge is 0.292 e. The summed E-state index contributed by atoms with van der Waals surface area (Å²) in [5.74, 6) is 0.937. The molecule has 0 N–H and O–H groups in total. The van der Waals surface area contributed by atoms with Gasteiger partial charge in [0.15, 0.2) is 0 Å². The van der Waals surface area contributed by atoms with Crippen molar-refractivity contribution in [2.75, 3.05) is 0 Å². The summed E-state index contributed by atoms with van der Waals surface area (Å²) in [6, 6.07) is 70.0. The van der Waals surface area contributed by atoms with Gasteiger partial charge in [-0.2, -0.15) is 0 Å². The van der Waals surface area contributed by atoms with Gasteiger partial charge in [-0.25, -0.2) is 4.98 Å². The Bertz CT molecular complexity index is 2860. The van der Waals surface area contributed by atoms with Crippen LogP contribution >= 0.6 is 0 Å². The summed E-state index contributed by atoms with van der Waals surface area (Å²) in [7, 11) is 0. The summed E-state index contributed by atoms with van der Waals surface area (Å²) in [4.78, 5) is 5.08. The Hall–Kier alpha value is -6.77. The molecule has 0 bridgehead atoms. The molecule has 0 saturated carbocycles. The van der Waals surface area contributed by atoms with Crippen LogP contribution in [0.1, 0.15) is 0 Å². The molecule has 1 heterocycles. The maximum absolute atomic E-state index is 5.08. The van der Waals surface area contributed by atoms with Crippen LogP contribution in [0.3, 0.4) is 0 Å². The minimum atomic E-state index is 0.937. The Morgan fingerprint density at radius 2 is 0.863 bits per heavy atom. The number of fused-ring (bicyclic) bond motifs is 4. The fourth-order valence-electron chi connectivity index (χ4n) is 7.84. The van der Waals surface area contributed by atoms with E-state index in [2.05, 4.69) is 193 Å². The second kappa shape index (κ2) is 12.0. The van der Waals surface area contributed by atoms with Crippen molar-refractivity contribution >= 4 is 43.4 Å². The molecule has 0 aliphatic carbocycles. The Kier molecular flexibility index (Phi) is 6.85. The maximum Gasteiger partial charge on any atom is 0.145 e. The number of hydrogen-bond acceptors (Lipinski definition) is 1. The van der Waals surface area contributed by atoms with Crippen molar-refractivity contribution in [1.29, 1.82) is 0 Å². The summed E-state index contributed by atoms with van der Waals surface area (Å²) in [6.45, 7) is 0. The van der Waals surface area contributed by atoms with Crippen molar-refractivity contribution in [2.45, 2.75) is 0 Å². The molecule has 10 rings (SSSR count). The highest BCUT2D eigenvalue weighted by Gasteiger charge is 2.18. The molecule has 0 fully saturated rings. The van der Waals surface area contributed by atoms with Gasteiger partial charge in [-0.05, 0) is 102 Å². The van der Waals surface area contributed by atoms with Gasteiger partial charge in [0.25, 0.3) is 0 Å². The summed E-state index contributed by atoms with van der Waals surface area (Å²) >= 11 is 0. The number of aromatic nitrogens is 2. The van der Waals surface area contributed by atoms with Crippen molar-refractivity contribution in [2.24, 2.45) is 0 Å². The van der Waals surface area contributed by atoms with Crippen LogP contribution in [0.15, 0.2) is 194 Å². The van der Waals surface area contributed by atoms with Gasteiger partial charge in [-0.3, -0.25) is 4.57 Å². The Morgan fingerprint density at radius 3 is 1.59 bits per heavy atom. The maximum atomic E-state index is 5.08. The summed E-state index contributed by atoms with van der Waals surface area (Å²) < 4.78 is 2.28. The first kappa shape index (κ1) is 29.2. The molecular formula is C49H32N2. The summed E-state index contributed by atoms with van der Waals surface area (Å²) in [5.41, 5.74) is 11.6. The molecule has 51 heavy (non-hydrogen) atoms. The van der Waals surface area contributed by atoms with E-state index >= 15 is 0 Å². The van der Waals surface area contributed by atoms with Crippen LogP contribution in [0.4, 0.5) is 0 Å². The van der Waals surface area contributed by atoms with Gasteiger partial charge in [0.1, 0.15) is 5.82 Å². The number of benzene rings is 9. The van der Waals surface area contributed by atoms with Gasteiger partial charge in [0, 0.05) is 11.3 Å². The molecular weight excluding hydrogens is 617 g/mol. The van der Waals surface area contributed by atoms with Crippen molar-refractivity contribution in [3.05, 3.63) is 194 Å². The van der Waals surface area contributed by atoms with Crippen LogP contribution in [-0.4, -0.2) is 9.55 Å².